The van der Waals surface area contributed by atoms with E-state index in [2.05, 4.69) is 20.3 Å². The number of rotatable bonds is 4. The first-order valence-corrected chi connectivity index (χ1v) is 13.0. The summed E-state index contributed by atoms with van der Waals surface area (Å²) in [7, 11) is -3.30. The van der Waals surface area contributed by atoms with Crippen molar-refractivity contribution in [3.05, 3.63) is 36.7 Å². The zero-order chi connectivity index (χ0) is 24.7. The van der Waals surface area contributed by atoms with Crippen LogP contribution in [0.15, 0.2) is 41.6 Å². The molecule has 2 aromatic heterocycles. The molecule has 0 spiro atoms. The summed E-state index contributed by atoms with van der Waals surface area (Å²) < 4.78 is 30.8. The monoisotopic (exact) mass is 486 g/mol. The minimum Gasteiger partial charge on any atom is -0.444 e. The van der Waals surface area contributed by atoms with Crippen LogP contribution in [0.3, 0.4) is 0 Å². The van der Waals surface area contributed by atoms with Crippen LogP contribution in [0, 0.1) is 0 Å². The highest BCUT2D eigenvalue weighted by Gasteiger charge is 2.27. The van der Waals surface area contributed by atoms with E-state index in [1.54, 1.807) is 28.8 Å². The molecule has 0 saturated carbocycles. The molecule has 1 saturated heterocycles. The van der Waals surface area contributed by atoms with Gasteiger partial charge in [0, 0.05) is 31.0 Å². The van der Waals surface area contributed by atoms with Crippen LogP contribution in [0.2, 0.25) is 0 Å². The third kappa shape index (κ3) is 5.09. The third-order valence-electron chi connectivity index (χ3n) is 5.62. The predicted molar refractivity (Wildman–Crippen MR) is 131 cm³/mol. The summed E-state index contributed by atoms with van der Waals surface area (Å²) in [5, 5.41) is 7.37. The Hall–Kier alpha value is -3.34. The minimum atomic E-state index is -3.30. The fourth-order valence-corrected chi connectivity index (χ4v) is 4.79. The van der Waals surface area contributed by atoms with Gasteiger partial charge in [-0.3, -0.25) is 0 Å². The van der Waals surface area contributed by atoms with Gasteiger partial charge in [-0.05, 0) is 51.8 Å². The van der Waals surface area contributed by atoms with Crippen molar-refractivity contribution < 1.29 is 17.9 Å². The zero-order valence-corrected chi connectivity index (χ0v) is 20.6. The van der Waals surface area contributed by atoms with E-state index < -0.39 is 21.5 Å². The molecule has 1 aliphatic rings. The molecule has 3 N–H and O–H groups in total. The molecule has 182 valence electrons. The maximum Gasteiger partial charge on any atom is 0.407 e. The lowest BCUT2D eigenvalue weighted by Crippen LogP contribution is -2.49. The number of carbonyl (C=O) groups excluding carboxylic acids is 1. The molecule has 1 fully saturated rings. The quantitative estimate of drug-likeness (QED) is 0.575. The van der Waals surface area contributed by atoms with Crippen LogP contribution < -0.4 is 16.0 Å². The largest absolute Gasteiger partial charge is 0.444 e. The molecule has 0 radical (unpaired) electrons. The molecule has 34 heavy (non-hydrogen) atoms. The fourth-order valence-electron chi connectivity index (χ4n) is 4.16. The summed E-state index contributed by atoms with van der Waals surface area (Å²) in [5.41, 5.74) is 8.78. The number of aromatic nitrogens is 3. The Balaban J connectivity index is 1.66. The average molecular weight is 487 g/mol. The molecule has 3 aromatic rings. The molecule has 3 heterocycles. The number of nitrogens with two attached hydrogens (primary N) is 1. The number of amides is 1. The number of benzene rings is 1. The van der Waals surface area contributed by atoms with Gasteiger partial charge in [0.25, 0.3) is 0 Å². The number of nitrogens with zero attached hydrogens (tertiary/aromatic N) is 4. The second kappa shape index (κ2) is 8.79. The van der Waals surface area contributed by atoms with Crippen molar-refractivity contribution in [1.29, 1.82) is 0 Å². The summed E-state index contributed by atoms with van der Waals surface area (Å²) >= 11 is 0. The number of hydrogen-bond acceptors (Lipinski definition) is 8. The molecule has 11 heteroatoms. The van der Waals surface area contributed by atoms with Crippen molar-refractivity contribution in [2.45, 2.75) is 50.2 Å². The second-order valence-electron chi connectivity index (χ2n) is 9.55. The molecule has 1 aliphatic heterocycles. The van der Waals surface area contributed by atoms with Gasteiger partial charge >= 0.3 is 6.09 Å². The Morgan fingerprint density at radius 1 is 1.24 bits per heavy atom. The molecule has 4 rings (SSSR count). The zero-order valence-electron chi connectivity index (χ0n) is 19.8. The first kappa shape index (κ1) is 23.8. The van der Waals surface area contributed by atoms with Gasteiger partial charge in [-0.15, -0.1) is 0 Å². The highest BCUT2D eigenvalue weighted by molar-refractivity contribution is 7.90. The van der Waals surface area contributed by atoms with Crippen LogP contribution in [-0.2, 0) is 14.6 Å². The third-order valence-corrected chi connectivity index (χ3v) is 6.75. The molecule has 0 aliphatic carbocycles. The lowest BCUT2D eigenvalue weighted by atomic mass is 10.0. The van der Waals surface area contributed by atoms with Crippen molar-refractivity contribution in [2.24, 2.45) is 0 Å². The number of ether oxygens (including phenoxy) is 1. The summed E-state index contributed by atoms with van der Waals surface area (Å²) in [4.78, 5) is 18.9. The average Bonchev–Trinajstić information content (AvgIpc) is 3.13. The van der Waals surface area contributed by atoms with Gasteiger partial charge in [0.1, 0.15) is 17.4 Å². The lowest BCUT2D eigenvalue weighted by molar-refractivity contribution is 0.0500. The minimum absolute atomic E-state index is 0.0816. The van der Waals surface area contributed by atoms with Crippen molar-refractivity contribution in [2.75, 3.05) is 30.0 Å². The van der Waals surface area contributed by atoms with E-state index in [1.807, 2.05) is 26.8 Å². The SMILES string of the molecule is CC(C)(C)OC(=O)N[C@@H]1CCCN(c2cc(-c3ccc(S(C)(=O)=O)cc3)n3ncnc(N)c23)C1. The fraction of sp³-hybridized carbons (Fsp3) is 0.435. The van der Waals surface area contributed by atoms with Crippen LogP contribution in [0.4, 0.5) is 16.3 Å². The molecule has 10 nitrogen and oxygen atoms in total. The highest BCUT2D eigenvalue weighted by Crippen LogP contribution is 2.35. The number of nitrogen functional groups attached to an aromatic ring is 1. The number of nitrogens with one attached hydrogen (secondary N) is 1. The molecular formula is C23H30N6O4S. The Morgan fingerprint density at radius 2 is 1.94 bits per heavy atom. The molecule has 1 aromatic carbocycles. The normalized spacial score (nSPS) is 17.1. The van der Waals surface area contributed by atoms with Crippen LogP contribution in [-0.4, -0.2) is 60.1 Å². The summed E-state index contributed by atoms with van der Waals surface area (Å²) in [5.74, 6) is 0.339. The Kier molecular flexibility index (Phi) is 6.15. The van der Waals surface area contributed by atoms with E-state index in [0.29, 0.717) is 17.9 Å². The van der Waals surface area contributed by atoms with Crippen molar-refractivity contribution in [1.82, 2.24) is 19.9 Å². The Morgan fingerprint density at radius 3 is 2.59 bits per heavy atom. The number of anilines is 2. The van der Waals surface area contributed by atoms with Crippen molar-refractivity contribution in [3.8, 4) is 11.3 Å². The van der Waals surface area contributed by atoms with E-state index in [1.165, 1.54) is 12.6 Å². The van der Waals surface area contributed by atoms with Crippen LogP contribution >= 0.6 is 0 Å². The van der Waals surface area contributed by atoms with Crippen LogP contribution in [0.5, 0.6) is 0 Å². The first-order valence-electron chi connectivity index (χ1n) is 11.1. The van der Waals surface area contributed by atoms with Gasteiger partial charge < -0.3 is 20.7 Å². The van der Waals surface area contributed by atoms with E-state index in [-0.39, 0.29) is 10.9 Å². The molecule has 1 atom stereocenters. The van der Waals surface area contributed by atoms with Crippen LogP contribution in [0.1, 0.15) is 33.6 Å². The van der Waals surface area contributed by atoms with Gasteiger partial charge in [0.15, 0.2) is 15.7 Å². The van der Waals surface area contributed by atoms with Gasteiger partial charge in [0.05, 0.1) is 16.3 Å². The van der Waals surface area contributed by atoms with Crippen molar-refractivity contribution >= 4 is 33.0 Å². The topological polar surface area (TPSA) is 132 Å². The molecule has 0 unspecified atom stereocenters. The number of carbonyl (C=O) groups is 1. The molecule has 1 amide bonds. The van der Waals surface area contributed by atoms with Crippen molar-refractivity contribution in [3.63, 3.8) is 0 Å². The maximum atomic E-state index is 12.3. The summed E-state index contributed by atoms with van der Waals surface area (Å²) in [6, 6.07) is 8.56. The van der Waals surface area contributed by atoms with E-state index in [4.69, 9.17) is 10.5 Å². The van der Waals surface area contributed by atoms with E-state index in [0.717, 1.165) is 36.3 Å². The van der Waals surface area contributed by atoms with E-state index in [9.17, 15) is 13.2 Å². The number of sulfone groups is 1. The number of fused-ring (bicyclic) bond motifs is 1. The number of alkyl carbamates (subject to hydrolysis) is 1. The van der Waals surface area contributed by atoms with Gasteiger partial charge in [0.2, 0.25) is 0 Å². The highest BCUT2D eigenvalue weighted by atomic mass is 32.2. The number of piperidine rings is 1. The first-order chi connectivity index (χ1) is 15.9. The lowest BCUT2D eigenvalue weighted by Gasteiger charge is -2.34. The second-order valence-corrected chi connectivity index (χ2v) is 11.6. The Bertz CT molecular complexity index is 1310. The van der Waals surface area contributed by atoms with Gasteiger partial charge in [-0.25, -0.2) is 22.7 Å². The van der Waals surface area contributed by atoms with Gasteiger partial charge in [-0.1, -0.05) is 12.1 Å². The van der Waals surface area contributed by atoms with Crippen LogP contribution in [0.25, 0.3) is 16.8 Å². The Labute approximate surface area is 199 Å². The maximum absolute atomic E-state index is 12.3. The smallest absolute Gasteiger partial charge is 0.407 e. The molecular weight excluding hydrogens is 456 g/mol. The standard InChI is InChI=1S/C23H30N6O4S/c1-23(2,3)33-22(30)27-16-6-5-11-28(13-16)19-12-18(29-20(19)21(24)25-14-26-29)15-7-9-17(10-8-15)34(4,31)32/h7-10,12,14,16H,5-6,11,13H2,1-4H3,(H,27,30)(H2,24,25,26)/t16-/m1/s1. The summed E-state index contributed by atoms with van der Waals surface area (Å²) in [6.45, 7) is 6.87. The van der Waals surface area contributed by atoms with E-state index >= 15 is 0 Å². The summed E-state index contributed by atoms with van der Waals surface area (Å²) in [6.07, 6.45) is 3.86. The number of hydrogen-bond donors (Lipinski definition) is 2. The molecule has 0 bridgehead atoms. The van der Waals surface area contributed by atoms with Gasteiger partial charge in [-0.2, -0.15) is 5.10 Å². The predicted octanol–water partition coefficient (Wildman–Crippen LogP) is 2.88.